The summed E-state index contributed by atoms with van der Waals surface area (Å²) in [5.41, 5.74) is 1.96. The van der Waals surface area contributed by atoms with Crippen LogP contribution < -0.4 is 11.3 Å². The minimum Gasteiger partial charge on any atom is -0.292 e. The first-order valence-corrected chi connectivity index (χ1v) is 4.56. The van der Waals surface area contributed by atoms with E-state index in [0.29, 0.717) is 10.1 Å². The number of alkyl halides is 1. The van der Waals surface area contributed by atoms with Gasteiger partial charge in [-0.1, -0.05) is 23.2 Å². The quantitative estimate of drug-likeness (QED) is 0.317. The predicted molar refractivity (Wildman–Crippen MR) is 53.4 cm³/mol. The maximum Gasteiger partial charge on any atom is 0.259 e. The van der Waals surface area contributed by atoms with Crippen LogP contribution in [-0.2, 0) is 4.79 Å². The summed E-state index contributed by atoms with van der Waals surface area (Å²) in [6.07, 6.45) is 3.13. The first-order valence-electron chi connectivity index (χ1n) is 3.42. The normalized spacial score (nSPS) is 27.7. The number of allylic oxidation sites excluding steroid dienone is 3. The molecule has 0 saturated carbocycles. The second-order valence-electron chi connectivity index (χ2n) is 2.63. The monoisotopic (exact) mass is 240 g/mol. The van der Waals surface area contributed by atoms with Crippen LogP contribution in [0.5, 0.6) is 0 Å². The molecule has 0 saturated heterocycles. The number of hydrogen-bond acceptors (Lipinski definition) is 2. The lowest BCUT2D eigenvalue weighted by atomic mass is 9.99. The molecule has 0 aromatic heterocycles. The Labute approximate surface area is 90.5 Å². The number of carbonyl (C=O) groups excluding carboxylic acids is 1. The van der Waals surface area contributed by atoms with Gasteiger partial charge in [-0.3, -0.25) is 10.2 Å². The molecular weight excluding hydrogens is 234 g/mol. The van der Waals surface area contributed by atoms with Crippen LogP contribution in [-0.4, -0.2) is 10.8 Å². The van der Waals surface area contributed by atoms with Gasteiger partial charge < -0.3 is 0 Å². The zero-order chi connectivity index (χ0) is 10.1. The highest BCUT2D eigenvalue weighted by Crippen LogP contribution is 2.35. The fraction of sp³-hybridized carbons (Fsp3) is 0.286. The van der Waals surface area contributed by atoms with E-state index in [1.807, 2.05) is 5.43 Å². The summed E-state index contributed by atoms with van der Waals surface area (Å²) in [5, 5.41) is 0.751. The molecule has 0 spiro atoms. The van der Waals surface area contributed by atoms with Crippen molar-refractivity contribution in [1.29, 1.82) is 0 Å². The standard InChI is InChI=1S/C7H7Cl3N2O/c8-4-1-5(9)3-7(10,2-4)6(13)12-11/h1-2H,3,11H2,(H,12,13). The number of amides is 1. The number of rotatable bonds is 1. The summed E-state index contributed by atoms with van der Waals surface area (Å²) in [6, 6.07) is 0. The topological polar surface area (TPSA) is 55.1 Å². The van der Waals surface area contributed by atoms with E-state index in [1.54, 1.807) is 0 Å². The van der Waals surface area contributed by atoms with Crippen LogP contribution in [0.1, 0.15) is 6.42 Å². The molecule has 0 aromatic rings. The SMILES string of the molecule is NNC(=O)C1(Cl)C=C(Cl)C=C(Cl)C1. The van der Waals surface area contributed by atoms with Crippen molar-refractivity contribution in [3.8, 4) is 0 Å². The molecule has 1 amide bonds. The third-order valence-corrected chi connectivity index (χ3v) is 2.47. The van der Waals surface area contributed by atoms with Crippen molar-refractivity contribution in [2.24, 2.45) is 5.84 Å². The Morgan fingerprint density at radius 1 is 1.62 bits per heavy atom. The molecule has 3 N–H and O–H groups in total. The first-order chi connectivity index (χ1) is 5.98. The summed E-state index contributed by atoms with van der Waals surface area (Å²) in [5.74, 6) is 4.43. The Bertz CT molecular complexity index is 300. The molecule has 0 radical (unpaired) electrons. The van der Waals surface area contributed by atoms with Gasteiger partial charge in [-0.2, -0.15) is 0 Å². The van der Waals surface area contributed by atoms with Gasteiger partial charge in [-0.15, -0.1) is 11.6 Å². The molecule has 1 atom stereocenters. The fourth-order valence-electron chi connectivity index (χ4n) is 1.02. The van der Waals surface area contributed by atoms with E-state index in [-0.39, 0.29) is 6.42 Å². The minimum absolute atomic E-state index is 0.190. The summed E-state index contributed by atoms with van der Waals surface area (Å²) in [7, 11) is 0. The highest BCUT2D eigenvalue weighted by atomic mass is 35.5. The van der Waals surface area contributed by atoms with Crippen molar-refractivity contribution in [2.75, 3.05) is 0 Å². The predicted octanol–water partition coefficient (Wildman–Crippen LogP) is 1.60. The van der Waals surface area contributed by atoms with Gasteiger partial charge in [-0.25, -0.2) is 5.84 Å². The lowest BCUT2D eigenvalue weighted by Gasteiger charge is -2.23. The molecule has 3 nitrogen and oxygen atoms in total. The Hall–Kier alpha value is -0.220. The largest absolute Gasteiger partial charge is 0.292 e. The van der Waals surface area contributed by atoms with Crippen LogP contribution in [0, 0.1) is 0 Å². The molecule has 13 heavy (non-hydrogen) atoms. The molecule has 1 aliphatic carbocycles. The lowest BCUT2D eigenvalue weighted by Crippen LogP contribution is -2.45. The molecule has 1 unspecified atom stereocenters. The molecule has 0 heterocycles. The summed E-state index contributed by atoms with van der Waals surface area (Å²) >= 11 is 17.4. The van der Waals surface area contributed by atoms with Crippen molar-refractivity contribution < 1.29 is 4.79 Å². The zero-order valence-electron chi connectivity index (χ0n) is 6.48. The second kappa shape index (κ2) is 3.88. The molecule has 0 fully saturated rings. The van der Waals surface area contributed by atoms with Crippen molar-refractivity contribution >= 4 is 40.7 Å². The van der Waals surface area contributed by atoms with Crippen LogP contribution in [0.4, 0.5) is 0 Å². The first kappa shape index (κ1) is 10.9. The second-order valence-corrected chi connectivity index (χ2v) is 4.23. The fourth-order valence-corrected chi connectivity index (χ4v) is 2.17. The van der Waals surface area contributed by atoms with E-state index >= 15 is 0 Å². The molecule has 72 valence electrons. The van der Waals surface area contributed by atoms with E-state index in [4.69, 9.17) is 40.6 Å². The van der Waals surface area contributed by atoms with Crippen LogP contribution in [0.15, 0.2) is 22.2 Å². The van der Waals surface area contributed by atoms with Gasteiger partial charge in [0, 0.05) is 16.5 Å². The number of hydrazine groups is 1. The van der Waals surface area contributed by atoms with E-state index in [1.165, 1.54) is 12.2 Å². The number of nitrogens with one attached hydrogen (secondary N) is 1. The minimum atomic E-state index is -1.27. The molecule has 1 aliphatic rings. The van der Waals surface area contributed by atoms with Crippen molar-refractivity contribution in [3.05, 3.63) is 22.2 Å². The van der Waals surface area contributed by atoms with Gasteiger partial charge in [0.05, 0.1) is 0 Å². The lowest BCUT2D eigenvalue weighted by molar-refractivity contribution is -0.122. The van der Waals surface area contributed by atoms with Gasteiger partial charge >= 0.3 is 0 Å². The molecule has 0 aromatic carbocycles. The molecule has 1 rings (SSSR count). The number of hydrogen-bond donors (Lipinski definition) is 2. The third kappa shape index (κ3) is 2.38. The van der Waals surface area contributed by atoms with E-state index in [9.17, 15) is 4.79 Å². The average Bonchev–Trinajstić information content (AvgIpc) is 2.00. The van der Waals surface area contributed by atoms with Crippen LogP contribution in [0.2, 0.25) is 0 Å². The van der Waals surface area contributed by atoms with Gasteiger partial charge in [-0.05, 0) is 12.2 Å². The van der Waals surface area contributed by atoms with Crippen LogP contribution in [0.25, 0.3) is 0 Å². The van der Waals surface area contributed by atoms with Crippen molar-refractivity contribution in [1.82, 2.24) is 5.43 Å². The smallest absolute Gasteiger partial charge is 0.259 e. The average molecular weight is 242 g/mol. The van der Waals surface area contributed by atoms with Gasteiger partial charge in [0.25, 0.3) is 5.91 Å². The molecule has 6 heteroatoms. The van der Waals surface area contributed by atoms with Crippen molar-refractivity contribution in [2.45, 2.75) is 11.3 Å². The molecule has 0 bridgehead atoms. The highest BCUT2D eigenvalue weighted by Gasteiger charge is 2.36. The Morgan fingerprint density at radius 3 is 2.69 bits per heavy atom. The van der Waals surface area contributed by atoms with E-state index in [0.717, 1.165) is 0 Å². The Balaban J connectivity index is 2.96. The number of halogens is 3. The van der Waals surface area contributed by atoms with Crippen LogP contribution >= 0.6 is 34.8 Å². The van der Waals surface area contributed by atoms with Crippen LogP contribution in [0.3, 0.4) is 0 Å². The summed E-state index contributed by atoms with van der Waals surface area (Å²) in [6.45, 7) is 0. The maximum atomic E-state index is 11.2. The third-order valence-electron chi connectivity index (χ3n) is 1.60. The summed E-state index contributed by atoms with van der Waals surface area (Å²) < 4.78 is 0. The highest BCUT2D eigenvalue weighted by molar-refractivity contribution is 6.41. The Kier molecular flexibility index (Phi) is 3.24. The molecule has 0 aliphatic heterocycles. The van der Waals surface area contributed by atoms with E-state index < -0.39 is 10.8 Å². The zero-order valence-corrected chi connectivity index (χ0v) is 8.75. The number of carbonyl (C=O) groups is 1. The van der Waals surface area contributed by atoms with Gasteiger partial charge in [0.15, 0.2) is 0 Å². The summed E-state index contributed by atoms with van der Waals surface area (Å²) in [4.78, 5) is 9.96. The van der Waals surface area contributed by atoms with Crippen molar-refractivity contribution in [3.63, 3.8) is 0 Å². The van der Waals surface area contributed by atoms with Gasteiger partial charge in [0.2, 0.25) is 0 Å². The Morgan fingerprint density at radius 2 is 2.23 bits per heavy atom. The molecular formula is C7H7Cl3N2O. The number of nitrogens with two attached hydrogens (primary N) is 1. The van der Waals surface area contributed by atoms with E-state index in [2.05, 4.69) is 0 Å². The maximum absolute atomic E-state index is 11.2. The van der Waals surface area contributed by atoms with Gasteiger partial charge in [0.1, 0.15) is 4.87 Å².